The number of hydrogen-bond acceptors (Lipinski definition) is 2. The summed E-state index contributed by atoms with van der Waals surface area (Å²) >= 11 is 0. The molecule has 0 radical (unpaired) electrons. The predicted octanol–water partition coefficient (Wildman–Crippen LogP) is 3.22. The first-order valence-electron chi connectivity index (χ1n) is 7.22. The molecule has 0 aromatic heterocycles. The SMILES string of the molecule is CCN(CC)C(C)(C)C(Cc1cc(F)cc(F)c1)NC. The molecule has 0 fully saturated rings. The lowest BCUT2D eigenvalue weighted by Crippen LogP contribution is -2.57. The Morgan fingerprint density at radius 3 is 2.00 bits per heavy atom. The lowest BCUT2D eigenvalue weighted by Gasteiger charge is -2.43. The summed E-state index contributed by atoms with van der Waals surface area (Å²) in [7, 11) is 1.89. The average Bonchev–Trinajstić information content (AvgIpc) is 2.35. The van der Waals surface area contributed by atoms with Gasteiger partial charge >= 0.3 is 0 Å². The molecular formula is C16H26F2N2. The molecule has 0 saturated heterocycles. The van der Waals surface area contributed by atoms with E-state index in [0.29, 0.717) is 12.0 Å². The molecule has 0 heterocycles. The molecule has 0 amide bonds. The fraction of sp³-hybridized carbons (Fsp3) is 0.625. The van der Waals surface area contributed by atoms with Crippen LogP contribution in [0.3, 0.4) is 0 Å². The van der Waals surface area contributed by atoms with Gasteiger partial charge in [0.05, 0.1) is 0 Å². The predicted molar refractivity (Wildman–Crippen MR) is 79.9 cm³/mol. The number of rotatable bonds is 7. The minimum Gasteiger partial charge on any atom is -0.315 e. The largest absolute Gasteiger partial charge is 0.315 e. The number of nitrogens with one attached hydrogen (secondary N) is 1. The van der Waals surface area contributed by atoms with Crippen molar-refractivity contribution in [1.82, 2.24) is 10.2 Å². The molecule has 1 unspecified atom stereocenters. The van der Waals surface area contributed by atoms with Crippen LogP contribution in [0.25, 0.3) is 0 Å². The average molecular weight is 284 g/mol. The molecule has 0 spiro atoms. The van der Waals surface area contributed by atoms with Crippen LogP contribution in [0, 0.1) is 11.6 Å². The summed E-state index contributed by atoms with van der Waals surface area (Å²) in [5.41, 5.74) is 0.586. The van der Waals surface area contributed by atoms with Gasteiger partial charge in [-0.15, -0.1) is 0 Å². The lowest BCUT2D eigenvalue weighted by molar-refractivity contribution is 0.0943. The Kier molecular flexibility index (Phi) is 6.08. The molecule has 0 saturated carbocycles. The van der Waals surface area contributed by atoms with Crippen LogP contribution < -0.4 is 5.32 Å². The van der Waals surface area contributed by atoms with E-state index in [1.807, 2.05) is 7.05 Å². The van der Waals surface area contributed by atoms with Crippen molar-refractivity contribution in [1.29, 1.82) is 0 Å². The minimum absolute atomic E-state index is 0.0962. The summed E-state index contributed by atoms with van der Waals surface area (Å²) in [4.78, 5) is 2.35. The van der Waals surface area contributed by atoms with E-state index in [-0.39, 0.29) is 11.6 Å². The topological polar surface area (TPSA) is 15.3 Å². The van der Waals surface area contributed by atoms with E-state index >= 15 is 0 Å². The molecule has 0 bridgehead atoms. The minimum atomic E-state index is -0.518. The van der Waals surface area contributed by atoms with Gasteiger partial charge in [0.1, 0.15) is 11.6 Å². The fourth-order valence-corrected chi connectivity index (χ4v) is 2.93. The first-order chi connectivity index (χ1) is 9.34. The smallest absolute Gasteiger partial charge is 0.126 e. The third-order valence-corrected chi connectivity index (χ3v) is 4.14. The van der Waals surface area contributed by atoms with Crippen molar-refractivity contribution < 1.29 is 8.78 Å². The van der Waals surface area contributed by atoms with Gasteiger partial charge in [0.2, 0.25) is 0 Å². The monoisotopic (exact) mass is 284 g/mol. The molecule has 1 rings (SSSR count). The van der Waals surface area contributed by atoms with Crippen molar-refractivity contribution in [2.24, 2.45) is 0 Å². The van der Waals surface area contributed by atoms with Gasteiger partial charge < -0.3 is 5.32 Å². The highest BCUT2D eigenvalue weighted by Crippen LogP contribution is 2.22. The number of likely N-dealkylation sites (N-methyl/N-ethyl adjacent to an activating group) is 2. The molecule has 1 atom stereocenters. The van der Waals surface area contributed by atoms with Gasteiger partial charge in [0, 0.05) is 17.6 Å². The zero-order valence-corrected chi connectivity index (χ0v) is 13.1. The van der Waals surface area contributed by atoms with Crippen LogP contribution >= 0.6 is 0 Å². The van der Waals surface area contributed by atoms with Crippen molar-refractivity contribution in [2.45, 2.75) is 45.7 Å². The van der Waals surface area contributed by atoms with Crippen LogP contribution in [0.5, 0.6) is 0 Å². The fourth-order valence-electron chi connectivity index (χ4n) is 2.93. The van der Waals surface area contributed by atoms with Crippen LogP contribution in [0.4, 0.5) is 8.78 Å². The molecule has 0 aliphatic carbocycles. The van der Waals surface area contributed by atoms with Crippen molar-refractivity contribution in [3.63, 3.8) is 0 Å². The van der Waals surface area contributed by atoms with Crippen molar-refractivity contribution >= 4 is 0 Å². The summed E-state index contributed by atoms with van der Waals surface area (Å²) in [6.45, 7) is 10.5. The second-order valence-electron chi connectivity index (χ2n) is 5.65. The van der Waals surface area contributed by atoms with Crippen molar-refractivity contribution in [3.05, 3.63) is 35.4 Å². The van der Waals surface area contributed by atoms with Gasteiger partial charge in [-0.2, -0.15) is 0 Å². The van der Waals surface area contributed by atoms with E-state index in [4.69, 9.17) is 0 Å². The highest BCUT2D eigenvalue weighted by atomic mass is 19.1. The van der Waals surface area contributed by atoms with Gasteiger partial charge in [-0.05, 0) is 58.1 Å². The van der Waals surface area contributed by atoms with Crippen molar-refractivity contribution in [3.8, 4) is 0 Å². The Balaban J connectivity index is 2.95. The van der Waals surface area contributed by atoms with Crippen LogP contribution in [0.2, 0.25) is 0 Å². The summed E-state index contributed by atoms with van der Waals surface area (Å²) in [5, 5.41) is 3.29. The molecule has 4 heteroatoms. The van der Waals surface area contributed by atoms with Gasteiger partial charge in [0.15, 0.2) is 0 Å². The highest BCUT2D eigenvalue weighted by Gasteiger charge is 2.33. The molecule has 1 N–H and O–H groups in total. The molecule has 20 heavy (non-hydrogen) atoms. The maximum atomic E-state index is 13.3. The zero-order valence-electron chi connectivity index (χ0n) is 13.1. The summed E-state index contributed by atoms with van der Waals surface area (Å²) in [6.07, 6.45) is 0.592. The molecule has 1 aromatic rings. The number of hydrogen-bond donors (Lipinski definition) is 1. The number of benzene rings is 1. The maximum Gasteiger partial charge on any atom is 0.126 e. The third kappa shape index (κ3) is 4.00. The summed E-state index contributed by atoms with van der Waals surface area (Å²) < 4.78 is 26.6. The second-order valence-corrected chi connectivity index (χ2v) is 5.65. The van der Waals surface area contributed by atoms with E-state index in [1.54, 1.807) is 0 Å². The molecule has 0 aliphatic rings. The van der Waals surface area contributed by atoms with E-state index in [2.05, 4.69) is 37.9 Å². The maximum absolute atomic E-state index is 13.3. The Morgan fingerprint density at radius 1 is 1.10 bits per heavy atom. The van der Waals surface area contributed by atoms with Gasteiger partial charge in [0.25, 0.3) is 0 Å². The molecule has 2 nitrogen and oxygen atoms in total. The van der Waals surface area contributed by atoms with E-state index in [9.17, 15) is 8.78 Å². The Hall–Kier alpha value is -1.00. The van der Waals surface area contributed by atoms with Gasteiger partial charge in [-0.3, -0.25) is 4.90 Å². The number of halogens is 2. The molecular weight excluding hydrogens is 258 g/mol. The standard InChI is InChI=1S/C16H26F2N2/c1-6-20(7-2)16(3,4)15(19-5)10-12-8-13(17)11-14(18)9-12/h8-9,11,15,19H,6-7,10H2,1-5H3. The lowest BCUT2D eigenvalue weighted by atomic mass is 9.87. The number of nitrogens with zero attached hydrogens (tertiary/aromatic N) is 1. The first kappa shape index (κ1) is 17.1. The molecule has 114 valence electrons. The van der Waals surface area contributed by atoms with E-state index < -0.39 is 11.6 Å². The van der Waals surface area contributed by atoms with Gasteiger partial charge in [-0.25, -0.2) is 8.78 Å². The van der Waals surface area contributed by atoms with Crippen LogP contribution in [-0.4, -0.2) is 36.6 Å². The van der Waals surface area contributed by atoms with Crippen LogP contribution in [0.15, 0.2) is 18.2 Å². The molecule has 0 aliphatic heterocycles. The quantitative estimate of drug-likeness (QED) is 0.827. The first-order valence-corrected chi connectivity index (χ1v) is 7.22. The Morgan fingerprint density at radius 2 is 1.60 bits per heavy atom. The van der Waals surface area contributed by atoms with E-state index in [0.717, 1.165) is 19.2 Å². The summed E-state index contributed by atoms with van der Waals surface area (Å²) in [6, 6.07) is 3.84. The van der Waals surface area contributed by atoms with Crippen molar-refractivity contribution in [2.75, 3.05) is 20.1 Å². The van der Waals surface area contributed by atoms with E-state index in [1.165, 1.54) is 12.1 Å². The third-order valence-electron chi connectivity index (χ3n) is 4.14. The Bertz CT molecular complexity index is 408. The van der Waals surface area contributed by atoms with Crippen LogP contribution in [0.1, 0.15) is 33.3 Å². The normalized spacial score (nSPS) is 13.8. The van der Waals surface area contributed by atoms with Crippen LogP contribution in [-0.2, 0) is 6.42 Å². The highest BCUT2D eigenvalue weighted by molar-refractivity contribution is 5.20. The zero-order chi connectivity index (χ0) is 15.3. The summed E-state index contributed by atoms with van der Waals surface area (Å²) in [5.74, 6) is -1.04. The Labute approximate surface area is 121 Å². The molecule has 1 aromatic carbocycles. The van der Waals surface area contributed by atoms with Gasteiger partial charge in [-0.1, -0.05) is 13.8 Å². The second kappa shape index (κ2) is 7.14.